The van der Waals surface area contributed by atoms with Gasteiger partial charge in [-0.05, 0) is 42.9 Å². The van der Waals surface area contributed by atoms with Gasteiger partial charge in [0.2, 0.25) is 5.91 Å². The molecular weight excluding hydrogens is 294 g/mol. The van der Waals surface area contributed by atoms with E-state index in [-0.39, 0.29) is 18.6 Å². The van der Waals surface area contributed by atoms with E-state index in [1.54, 1.807) is 11.8 Å². The molecular formula is C15H20ClNO2S. The van der Waals surface area contributed by atoms with Crippen LogP contribution in [0.1, 0.15) is 24.8 Å². The van der Waals surface area contributed by atoms with Crippen LogP contribution >= 0.6 is 23.4 Å². The largest absolute Gasteiger partial charge is 0.396 e. The minimum Gasteiger partial charge on any atom is -0.396 e. The molecule has 1 aliphatic rings. The summed E-state index contributed by atoms with van der Waals surface area (Å²) in [6.07, 6.45) is 3.00. The minimum absolute atomic E-state index is 0.0578. The fourth-order valence-corrected chi connectivity index (χ4v) is 3.20. The van der Waals surface area contributed by atoms with Crippen LogP contribution in [0.25, 0.3) is 0 Å². The molecule has 3 nitrogen and oxygen atoms in total. The Labute approximate surface area is 129 Å². The SMILES string of the molecule is O=C(CSCc1cccc(Cl)c1)NC(CCO)C1CC1. The van der Waals surface area contributed by atoms with Crippen molar-refractivity contribution in [3.05, 3.63) is 34.9 Å². The molecule has 2 rings (SSSR count). The minimum atomic E-state index is 0.0578. The Balaban J connectivity index is 1.69. The van der Waals surface area contributed by atoms with Gasteiger partial charge in [0, 0.05) is 23.4 Å². The molecule has 0 heterocycles. The summed E-state index contributed by atoms with van der Waals surface area (Å²) < 4.78 is 0. The Morgan fingerprint density at radius 1 is 1.50 bits per heavy atom. The van der Waals surface area contributed by atoms with Crippen molar-refractivity contribution in [1.82, 2.24) is 5.32 Å². The summed E-state index contributed by atoms with van der Waals surface area (Å²) >= 11 is 7.50. The second-order valence-electron chi connectivity index (χ2n) is 5.15. The van der Waals surface area contributed by atoms with Crippen molar-refractivity contribution in [2.45, 2.75) is 31.1 Å². The smallest absolute Gasteiger partial charge is 0.230 e. The van der Waals surface area contributed by atoms with Gasteiger partial charge in [-0.15, -0.1) is 11.8 Å². The lowest BCUT2D eigenvalue weighted by atomic mass is 10.1. The van der Waals surface area contributed by atoms with E-state index in [9.17, 15) is 4.79 Å². The first-order valence-electron chi connectivity index (χ1n) is 6.91. The number of amides is 1. The molecule has 110 valence electrons. The monoisotopic (exact) mass is 313 g/mol. The number of aliphatic hydroxyl groups is 1. The summed E-state index contributed by atoms with van der Waals surface area (Å²) in [7, 11) is 0. The first kappa shape index (κ1) is 15.7. The maximum atomic E-state index is 11.9. The number of nitrogens with one attached hydrogen (secondary N) is 1. The zero-order valence-electron chi connectivity index (χ0n) is 11.3. The van der Waals surface area contributed by atoms with E-state index in [1.165, 1.54) is 12.8 Å². The van der Waals surface area contributed by atoms with Crippen LogP contribution in [0.5, 0.6) is 0 Å². The van der Waals surface area contributed by atoms with Crippen LogP contribution in [-0.4, -0.2) is 29.4 Å². The lowest BCUT2D eigenvalue weighted by molar-refractivity contribution is -0.119. The van der Waals surface area contributed by atoms with Gasteiger partial charge in [-0.3, -0.25) is 4.79 Å². The van der Waals surface area contributed by atoms with Crippen molar-refractivity contribution >= 4 is 29.3 Å². The highest BCUT2D eigenvalue weighted by Crippen LogP contribution is 2.33. The van der Waals surface area contributed by atoms with Gasteiger partial charge >= 0.3 is 0 Å². The quantitative estimate of drug-likeness (QED) is 0.776. The van der Waals surface area contributed by atoms with E-state index in [4.69, 9.17) is 16.7 Å². The molecule has 0 aliphatic heterocycles. The molecule has 1 aromatic carbocycles. The summed E-state index contributed by atoms with van der Waals surface area (Å²) in [6, 6.07) is 7.85. The second kappa shape index (κ2) is 7.91. The summed E-state index contributed by atoms with van der Waals surface area (Å²) in [4.78, 5) is 11.9. The van der Waals surface area contributed by atoms with E-state index in [1.807, 2.05) is 24.3 Å². The Kier molecular flexibility index (Phi) is 6.20. The number of carbonyl (C=O) groups excluding carboxylic acids is 1. The standard InChI is InChI=1S/C15H20ClNO2S/c16-13-3-1-2-11(8-13)9-20-10-15(19)17-14(6-7-18)12-4-5-12/h1-3,8,12,14,18H,4-7,9-10H2,(H,17,19). The molecule has 1 unspecified atom stereocenters. The Morgan fingerprint density at radius 2 is 2.30 bits per heavy atom. The zero-order valence-corrected chi connectivity index (χ0v) is 12.9. The number of aliphatic hydroxyl groups excluding tert-OH is 1. The maximum Gasteiger partial charge on any atom is 0.230 e. The molecule has 1 amide bonds. The van der Waals surface area contributed by atoms with Crippen molar-refractivity contribution in [3.8, 4) is 0 Å². The van der Waals surface area contributed by atoms with Crippen LogP contribution in [0.3, 0.4) is 0 Å². The molecule has 0 radical (unpaired) electrons. The Hall–Kier alpha value is -0.710. The number of hydrogen-bond donors (Lipinski definition) is 2. The van der Waals surface area contributed by atoms with E-state index in [2.05, 4.69) is 5.32 Å². The first-order chi connectivity index (χ1) is 9.69. The van der Waals surface area contributed by atoms with Crippen LogP contribution < -0.4 is 5.32 Å². The van der Waals surface area contributed by atoms with Crippen LogP contribution in [-0.2, 0) is 10.5 Å². The van der Waals surface area contributed by atoms with Crippen molar-refractivity contribution in [2.24, 2.45) is 5.92 Å². The molecule has 5 heteroatoms. The highest BCUT2D eigenvalue weighted by molar-refractivity contribution is 7.99. The van der Waals surface area contributed by atoms with Gasteiger partial charge in [0.1, 0.15) is 0 Å². The topological polar surface area (TPSA) is 49.3 Å². The molecule has 1 fully saturated rings. The predicted molar refractivity (Wildman–Crippen MR) is 84.0 cm³/mol. The maximum absolute atomic E-state index is 11.9. The average Bonchev–Trinajstić information content (AvgIpc) is 3.22. The van der Waals surface area contributed by atoms with Gasteiger partial charge in [0.05, 0.1) is 5.75 Å². The second-order valence-corrected chi connectivity index (χ2v) is 6.57. The van der Waals surface area contributed by atoms with Crippen LogP contribution in [0, 0.1) is 5.92 Å². The van der Waals surface area contributed by atoms with Crippen molar-refractivity contribution in [2.75, 3.05) is 12.4 Å². The fraction of sp³-hybridized carbons (Fsp3) is 0.533. The van der Waals surface area contributed by atoms with E-state index in [0.29, 0.717) is 18.1 Å². The fourth-order valence-electron chi connectivity index (χ4n) is 2.20. The molecule has 20 heavy (non-hydrogen) atoms. The number of rotatable bonds is 8. The molecule has 0 bridgehead atoms. The van der Waals surface area contributed by atoms with Crippen LogP contribution in [0.4, 0.5) is 0 Å². The van der Waals surface area contributed by atoms with Gasteiger partial charge in [-0.25, -0.2) is 0 Å². The van der Waals surface area contributed by atoms with Gasteiger partial charge in [-0.1, -0.05) is 23.7 Å². The van der Waals surface area contributed by atoms with E-state index < -0.39 is 0 Å². The number of thioether (sulfide) groups is 1. The van der Waals surface area contributed by atoms with Crippen molar-refractivity contribution < 1.29 is 9.90 Å². The summed E-state index contributed by atoms with van der Waals surface area (Å²) in [6.45, 7) is 0.136. The third kappa shape index (κ3) is 5.35. The highest BCUT2D eigenvalue weighted by atomic mass is 35.5. The molecule has 1 aliphatic carbocycles. The average molecular weight is 314 g/mol. The highest BCUT2D eigenvalue weighted by Gasteiger charge is 2.31. The molecule has 0 saturated heterocycles. The molecule has 1 saturated carbocycles. The van der Waals surface area contributed by atoms with Crippen LogP contribution in [0.15, 0.2) is 24.3 Å². The Bertz CT molecular complexity index is 451. The number of benzene rings is 1. The Morgan fingerprint density at radius 3 is 2.95 bits per heavy atom. The number of halogens is 1. The molecule has 2 N–H and O–H groups in total. The van der Waals surface area contributed by atoms with Crippen molar-refractivity contribution in [1.29, 1.82) is 0 Å². The van der Waals surface area contributed by atoms with Gasteiger partial charge in [-0.2, -0.15) is 0 Å². The lowest BCUT2D eigenvalue weighted by Crippen LogP contribution is -2.38. The van der Waals surface area contributed by atoms with Gasteiger partial charge in [0.15, 0.2) is 0 Å². The predicted octanol–water partition coefficient (Wildman–Crippen LogP) is 2.85. The molecule has 1 atom stereocenters. The van der Waals surface area contributed by atoms with Gasteiger partial charge < -0.3 is 10.4 Å². The molecule has 0 spiro atoms. The van der Waals surface area contributed by atoms with Gasteiger partial charge in [0.25, 0.3) is 0 Å². The first-order valence-corrected chi connectivity index (χ1v) is 8.44. The normalized spacial score (nSPS) is 15.9. The number of carbonyl (C=O) groups is 1. The van der Waals surface area contributed by atoms with Crippen molar-refractivity contribution in [3.63, 3.8) is 0 Å². The summed E-state index contributed by atoms with van der Waals surface area (Å²) in [5.41, 5.74) is 1.13. The molecule has 1 aromatic rings. The zero-order chi connectivity index (χ0) is 14.4. The third-order valence-electron chi connectivity index (χ3n) is 3.37. The van der Waals surface area contributed by atoms with E-state index in [0.717, 1.165) is 16.3 Å². The summed E-state index contributed by atoms with van der Waals surface area (Å²) in [5, 5.41) is 12.8. The van der Waals surface area contributed by atoms with Crippen LogP contribution in [0.2, 0.25) is 5.02 Å². The molecule has 0 aromatic heterocycles. The third-order valence-corrected chi connectivity index (χ3v) is 4.61. The number of hydrogen-bond acceptors (Lipinski definition) is 3. The lowest BCUT2D eigenvalue weighted by Gasteiger charge is -2.16. The van der Waals surface area contributed by atoms with E-state index >= 15 is 0 Å². The summed E-state index contributed by atoms with van der Waals surface area (Å²) in [5.74, 6) is 1.86.